The molecule has 28 heavy (non-hydrogen) atoms. The average molecular weight is 372 g/mol. The second kappa shape index (κ2) is 7.77. The monoisotopic (exact) mass is 372 g/mol. The molecule has 2 N–H and O–H groups in total. The van der Waals surface area contributed by atoms with E-state index in [1.54, 1.807) is 12.1 Å². The maximum absolute atomic E-state index is 12.8. The molecule has 0 saturated heterocycles. The van der Waals surface area contributed by atoms with Crippen LogP contribution in [0.1, 0.15) is 40.9 Å². The summed E-state index contributed by atoms with van der Waals surface area (Å²) in [6.07, 6.45) is 0.877. The number of nitrogens with one attached hydrogen (secondary N) is 1. The van der Waals surface area contributed by atoms with Gasteiger partial charge in [0, 0.05) is 23.4 Å². The maximum Gasteiger partial charge on any atom is 0.251 e. The number of phenols is 1. The molecule has 3 aromatic carbocycles. The first-order chi connectivity index (χ1) is 13.7. The number of benzene rings is 3. The van der Waals surface area contributed by atoms with E-state index in [9.17, 15) is 9.90 Å². The summed E-state index contributed by atoms with van der Waals surface area (Å²) in [5, 5.41) is 13.3. The highest BCUT2D eigenvalue weighted by Gasteiger charge is 2.38. The first kappa shape index (κ1) is 18.1. The quantitative estimate of drug-likeness (QED) is 0.685. The fourth-order valence-electron chi connectivity index (χ4n) is 4.05. The fourth-order valence-corrected chi connectivity index (χ4v) is 4.05. The van der Waals surface area contributed by atoms with Gasteiger partial charge in [-0.2, -0.15) is 0 Å². The summed E-state index contributed by atoms with van der Waals surface area (Å²) in [5.74, 6) is 0.119. The molecule has 0 aliphatic carbocycles. The number of hydrogen-bond acceptors (Lipinski definition) is 3. The summed E-state index contributed by atoms with van der Waals surface area (Å²) in [4.78, 5) is 15.2. The summed E-state index contributed by atoms with van der Waals surface area (Å²) in [5.41, 5.74) is 3.88. The molecule has 4 heteroatoms. The van der Waals surface area contributed by atoms with Crippen LogP contribution in [0.25, 0.3) is 0 Å². The van der Waals surface area contributed by atoms with Gasteiger partial charge in [-0.15, -0.1) is 0 Å². The highest BCUT2D eigenvalue weighted by atomic mass is 16.3. The minimum absolute atomic E-state index is 0.0973. The molecule has 0 aromatic heterocycles. The van der Waals surface area contributed by atoms with Crippen LogP contribution in [0.4, 0.5) is 5.69 Å². The van der Waals surface area contributed by atoms with E-state index >= 15 is 0 Å². The van der Waals surface area contributed by atoms with Crippen molar-refractivity contribution < 1.29 is 9.90 Å². The number of amides is 1. The molecule has 142 valence electrons. The summed E-state index contributed by atoms with van der Waals surface area (Å²) in [7, 11) is 0. The van der Waals surface area contributed by atoms with Crippen LogP contribution in [0, 0.1) is 0 Å². The zero-order valence-corrected chi connectivity index (χ0v) is 15.9. The molecule has 3 aromatic rings. The Kier molecular flexibility index (Phi) is 5.02. The highest BCUT2D eigenvalue weighted by Crippen LogP contribution is 2.43. The van der Waals surface area contributed by atoms with Crippen molar-refractivity contribution in [1.82, 2.24) is 5.32 Å². The van der Waals surface area contributed by atoms with Crippen molar-refractivity contribution in [2.75, 3.05) is 4.90 Å². The van der Waals surface area contributed by atoms with Crippen molar-refractivity contribution >= 4 is 11.6 Å². The normalized spacial score (nSPS) is 18.0. The molecule has 0 bridgehead atoms. The van der Waals surface area contributed by atoms with Crippen molar-refractivity contribution in [2.24, 2.45) is 0 Å². The third-order valence-corrected chi connectivity index (χ3v) is 5.38. The van der Waals surface area contributed by atoms with Gasteiger partial charge in [0.2, 0.25) is 0 Å². The van der Waals surface area contributed by atoms with Crippen LogP contribution < -0.4 is 10.2 Å². The topological polar surface area (TPSA) is 52.6 Å². The van der Waals surface area contributed by atoms with Gasteiger partial charge in [0.15, 0.2) is 0 Å². The lowest BCUT2D eigenvalue weighted by Gasteiger charge is -2.30. The standard InChI is InChI=1S/C24H24N2O2/c1-2-21-23(25-24(28)18-11-7-4-8-12-18)20-15-19(27)13-14-22(20)26(21)16-17-9-5-3-6-10-17/h3-15,21,23,27H,2,16H2,1H3,(H,25,28). The molecule has 4 nitrogen and oxygen atoms in total. The van der Waals surface area contributed by atoms with Crippen LogP contribution in [0.3, 0.4) is 0 Å². The third-order valence-electron chi connectivity index (χ3n) is 5.38. The summed E-state index contributed by atoms with van der Waals surface area (Å²) in [6.45, 7) is 2.89. The molecular formula is C24H24N2O2. The van der Waals surface area contributed by atoms with Gasteiger partial charge < -0.3 is 15.3 Å². The number of aromatic hydroxyl groups is 1. The third kappa shape index (κ3) is 3.46. The Morgan fingerprint density at radius 2 is 1.68 bits per heavy atom. The molecule has 1 amide bonds. The van der Waals surface area contributed by atoms with Crippen molar-refractivity contribution in [3.8, 4) is 5.75 Å². The van der Waals surface area contributed by atoms with E-state index in [0.29, 0.717) is 5.56 Å². The molecule has 2 unspecified atom stereocenters. The Labute approximate surface area is 165 Å². The number of anilines is 1. The van der Waals surface area contributed by atoms with E-state index < -0.39 is 0 Å². The van der Waals surface area contributed by atoms with Crippen molar-refractivity contribution in [2.45, 2.75) is 32.0 Å². The van der Waals surface area contributed by atoms with Crippen molar-refractivity contribution in [3.05, 3.63) is 95.6 Å². The van der Waals surface area contributed by atoms with E-state index in [2.05, 4.69) is 29.3 Å². The molecule has 2 atom stereocenters. The van der Waals surface area contributed by atoms with Gasteiger partial charge in [0.05, 0.1) is 12.1 Å². The van der Waals surface area contributed by atoms with Crippen LogP contribution in [0.2, 0.25) is 0 Å². The molecule has 1 heterocycles. The number of rotatable bonds is 5. The van der Waals surface area contributed by atoms with Gasteiger partial charge in [-0.05, 0) is 42.3 Å². The lowest BCUT2D eigenvalue weighted by molar-refractivity contribution is 0.0932. The Balaban J connectivity index is 1.68. The SMILES string of the molecule is CCC1C(NC(=O)c2ccccc2)c2cc(O)ccc2N1Cc1ccccc1. The predicted molar refractivity (Wildman–Crippen MR) is 111 cm³/mol. The molecule has 0 saturated carbocycles. The summed E-state index contributed by atoms with van der Waals surface area (Å²) in [6, 6.07) is 25.0. The van der Waals surface area contributed by atoms with Gasteiger partial charge in [0.1, 0.15) is 5.75 Å². The highest BCUT2D eigenvalue weighted by molar-refractivity contribution is 5.94. The van der Waals surface area contributed by atoms with Gasteiger partial charge in [-0.1, -0.05) is 55.5 Å². The Hall–Kier alpha value is -3.27. The molecule has 0 fully saturated rings. The Bertz CT molecular complexity index is 957. The van der Waals surface area contributed by atoms with Crippen LogP contribution in [-0.4, -0.2) is 17.1 Å². The second-order valence-corrected chi connectivity index (χ2v) is 7.15. The lowest BCUT2D eigenvalue weighted by atomic mass is 10.0. The molecular weight excluding hydrogens is 348 g/mol. The van der Waals surface area contributed by atoms with Crippen LogP contribution in [0.15, 0.2) is 78.9 Å². The fraction of sp³-hybridized carbons (Fsp3) is 0.208. The van der Waals surface area contributed by atoms with E-state index in [0.717, 1.165) is 24.2 Å². The largest absolute Gasteiger partial charge is 0.508 e. The first-order valence-electron chi connectivity index (χ1n) is 9.66. The average Bonchev–Trinajstić information content (AvgIpc) is 3.01. The zero-order valence-electron chi connectivity index (χ0n) is 15.9. The lowest BCUT2D eigenvalue weighted by Crippen LogP contribution is -2.40. The van der Waals surface area contributed by atoms with Crippen molar-refractivity contribution in [1.29, 1.82) is 0 Å². The van der Waals surface area contributed by atoms with E-state index in [-0.39, 0.29) is 23.7 Å². The summed E-state index contributed by atoms with van der Waals surface area (Å²) < 4.78 is 0. The van der Waals surface area contributed by atoms with Gasteiger partial charge >= 0.3 is 0 Å². The number of nitrogens with zero attached hydrogens (tertiary/aromatic N) is 1. The number of hydrogen-bond donors (Lipinski definition) is 2. The number of carbonyl (C=O) groups excluding carboxylic acids is 1. The second-order valence-electron chi connectivity index (χ2n) is 7.15. The molecule has 1 aliphatic heterocycles. The number of phenolic OH excluding ortho intramolecular Hbond substituents is 1. The summed E-state index contributed by atoms with van der Waals surface area (Å²) >= 11 is 0. The van der Waals surface area contributed by atoms with E-state index in [1.807, 2.05) is 54.6 Å². The van der Waals surface area contributed by atoms with E-state index in [1.165, 1.54) is 5.56 Å². The molecule has 4 rings (SSSR count). The van der Waals surface area contributed by atoms with Gasteiger partial charge in [-0.3, -0.25) is 4.79 Å². The molecule has 0 radical (unpaired) electrons. The zero-order chi connectivity index (χ0) is 19.5. The number of fused-ring (bicyclic) bond motifs is 1. The first-order valence-corrected chi connectivity index (χ1v) is 9.66. The van der Waals surface area contributed by atoms with E-state index in [4.69, 9.17) is 0 Å². The minimum atomic E-state index is -0.177. The Morgan fingerprint density at radius 1 is 1.00 bits per heavy atom. The maximum atomic E-state index is 12.8. The van der Waals surface area contributed by atoms with Crippen molar-refractivity contribution in [3.63, 3.8) is 0 Å². The van der Waals surface area contributed by atoms with Gasteiger partial charge in [-0.25, -0.2) is 0 Å². The number of carbonyl (C=O) groups is 1. The Morgan fingerprint density at radius 3 is 2.36 bits per heavy atom. The van der Waals surface area contributed by atoms with Gasteiger partial charge in [0.25, 0.3) is 5.91 Å². The van der Waals surface area contributed by atoms with Crippen LogP contribution in [-0.2, 0) is 6.54 Å². The minimum Gasteiger partial charge on any atom is -0.508 e. The molecule has 1 aliphatic rings. The van der Waals surface area contributed by atoms with Crippen LogP contribution >= 0.6 is 0 Å². The predicted octanol–water partition coefficient (Wildman–Crippen LogP) is 4.66. The van der Waals surface area contributed by atoms with Crippen LogP contribution in [0.5, 0.6) is 5.75 Å². The smallest absolute Gasteiger partial charge is 0.251 e. The molecule has 0 spiro atoms.